The Balaban J connectivity index is 2.43. The van der Waals surface area contributed by atoms with Gasteiger partial charge in [-0.3, -0.25) is 10.1 Å². The summed E-state index contributed by atoms with van der Waals surface area (Å²) in [5.41, 5.74) is 0.446. The van der Waals surface area contributed by atoms with Gasteiger partial charge < -0.3 is 14.2 Å². The Morgan fingerprint density at radius 3 is 2.26 bits per heavy atom. The Hall–Kier alpha value is -2.61. The number of methoxy groups -OCH3 is 2. The summed E-state index contributed by atoms with van der Waals surface area (Å²) in [4.78, 5) is 23.5. The predicted molar refractivity (Wildman–Crippen MR) is 103 cm³/mol. The van der Waals surface area contributed by atoms with E-state index in [-0.39, 0.29) is 17.0 Å². The van der Waals surface area contributed by atoms with Crippen molar-refractivity contribution in [2.45, 2.75) is 25.9 Å². The van der Waals surface area contributed by atoms with Crippen LogP contribution in [-0.4, -0.2) is 25.1 Å². The van der Waals surface area contributed by atoms with Crippen LogP contribution < -0.4 is 9.47 Å². The minimum absolute atomic E-state index is 0.185. The molecule has 0 amide bonds. The molecule has 0 heterocycles. The van der Waals surface area contributed by atoms with Gasteiger partial charge in [0.2, 0.25) is 0 Å². The van der Waals surface area contributed by atoms with Gasteiger partial charge in [-0.1, -0.05) is 29.3 Å². The number of hydrogen-bond donors (Lipinski definition) is 0. The summed E-state index contributed by atoms with van der Waals surface area (Å²) in [6.07, 6.45) is 0.314. The monoisotopic (exact) mass is 437 g/mol. The number of nitro benzene ring substituents is 1. The Labute approximate surface area is 165 Å². The number of benzene rings is 2. The second-order valence-electron chi connectivity index (χ2n) is 5.71. The summed E-state index contributed by atoms with van der Waals surface area (Å²) in [5, 5.41) is 11.6. The molecular weight excluding hydrogens is 418 g/mol. The molecule has 0 bridgehead atoms. The first-order valence-corrected chi connectivity index (χ1v) is 9.07. The highest BCUT2D eigenvalue weighted by molar-refractivity contribution is 9.10. The van der Waals surface area contributed by atoms with E-state index in [9.17, 15) is 14.9 Å². The zero-order chi connectivity index (χ0) is 20.0. The number of ether oxygens (including phenoxy) is 3. The standard InChI is InChI=1S/C19H20BrNO6/c1-4-5-16(27-19(22)12-6-8-13(20)9-7-12)14-10-17(25-2)18(26-3)11-15(14)21(23)24/h6-11,16H,4-5H2,1-3H3. The van der Waals surface area contributed by atoms with Gasteiger partial charge in [0, 0.05) is 4.47 Å². The van der Waals surface area contributed by atoms with Crippen LogP contribution in [0.1, 0.15) is 41.8 Å². The zero-order valence-corrected chi connectivity index (χ0v) is 16.8. The fraction of sp³-hybridized carbons (Fsp3) is 0.316. The molecule has 0 saturated carbocycles. The predicted octanol–water partition coefficient (Wildman–Crippen LogP) is 5.07. The molecule has 2 rings (SSSR count). The lowest BCUT2D eigenvalue weighted by Gasteiger charge is -2.19. The van der Waals surface area contributed by atoms with E-state index in [2.05, 4.69) is 15.9 Å². The number of carbonyl (C=O) groups is 1. The zero-order valence-electron chi connectivity index (χ0n) is 15.2. The molecule has 0 aliphatic carbocycles. The van der Waals surface area contributed by atoms with Crippen molar-refractivity contribution in [1.29, 1.82) is 0 Å². The minimum atomic E-state index is -0.786. The van der Waals surface area contributed by atoms with Crippen molar-refractivity contribution in [3.8, 4) is 11.5 Å². The van der Waals surface area contributed by atoms with E-state index in [1.807, 2.05) is 6.92 Å². The number of esters is 1. The van der Waals surface area contributed by atoms with Crippen molar-refractivity contribution < 1.29 is 23.9 Å². The van der Waals surface area contributed by atoms with Crippen molar-refractivity contribution in [2.24, 2.45) is 0 Å². The SMILES string of the molecule is CCCC(OC(=O)c1ccc(Br)cc1)c1cc(OC)c(OC)cc1[N+](=O)[O-]. The fourth-order valence-corrected chi connectivity index (χ4v) is 2.89. The van der Waals surface area contributed by atoms with Gasteiger partial charge in [0.05, 0.1) is 36.3 Å². The molecule has 0 N–H and O–H groups in total. The Kier molecular flexibility index (Phi) is 7.18. The van der Waals surface area contributed by atoms with Crippen LogP contribution in [0.15, 0.2) is 40.9 Å². The van der Waals surface area contributed by atoms with Crippen LogP contribution in [0.5, 0.6) is 11.5 Å². The molecule has 27 heavy (non-hydrogen) atoms. The third-order valence-corrected chi connectivity index (χ3v) is 4.49. The van der Waals surface area contributed by atoms with Gasteiger partial charge in [-0.2, -0.15) is 0 Å². The van der Waals surface area contributed by atoms with E-state index in [1.54, 1.807) is 24.3 Å². The first kappa shape index (κ1) is 20.7. The molecular formula is C19H20BrNO6. The second-order valence-corrected chi connectivity index (χ2v) is 6.63. The smallest absolute Gasteiger partial charge is 0.338 e. The molecule has 0 aromatic heterocycles. The van der Waals surface area contributed by atoms with Crippen molar-refractivity contribution in [3.63, 3.8) is 0 Å². The van der Waals surface area contributed by atoms with Crippen LogP contribution in [0.25, 0.3) is 0 Å². The maximum Gasteiger partial charge on any atom is 0.338 e. The lowest BCUT2D eigenvalue weighted by atomic mass is 10.0. The summed E-state index contributed by atoms with van der Waals surface area (Å²) in [6.45, 7) is 1.91. The summed E-state index contributed by atoms with van der Waals surface area (Å²) in [7, 11) is 2.84. The molecule has 0 aliphatic rings. The Morgan fingerprint density at radius 1 is 1.15 bits per heavy atom. The maximum absolute atomic E-state index is 12.5. The first-order valence-electron chi connectivity index (χ1n) is 8.28. The van der Waals surface area contributed by atoms with E-state index in [0.717, 1.165) is 4.47 Å². The van der Waals surface area contributed by atoms with Crippen LogP contribution in [0.4, 0.5) is 5.69 Å². The molecule has 0 radical (unpaired) electrons. The summed E-state index contributed by atoms with van der Waals surface area (Å²) in [6, 6.07) is 9.47. The number of rotatable bonds is 8. The van der Waals surface area contributed by atoms with Gasteiger partial charge in [0.1, 0.15) is 6.10 Å². The molecule has 7 nitrogen and oxygen atoms in total. The molecule has 2 aromatic rings. The minimum Gasteiger partial charge on any atom is -0.493 e. The van der Waals surface area contributed by atoms with E-state index < -0.39 is 17.0 Å². The van der Waals surface area contributed by atoms with Crippen molar-refractivity contribution in [2.75, 3.05) is 14.2 Å². The lowest BCUT2D eigenvalue weighted by Crippen LogP contribution is -2.13. The third-order valence-electron chi connectivity index (χ3n) is 3.96. The lowest BCUT2D eigenvalue weighted by molar-refractivity contribution is -0.386. The maximum atomic E-state index is 12.5. The van der Waals surface area contributed by atoms with Crippen LogP contribution in [0, 0.1) is 10.1 Å². The van der Waals surface area contributed by atoms with Crippen LogP contribution in [-0.2, 0) is 4.74 Å². The molecule has 2 aromatic carbocycles. The quantitative estimate of drug-likeness (QED) is 0.325. The first-order chi connectivity index (χ1) is 12.9. The Bertz CT molecular complexity index is 822. The number of carbonyl (C=O) groups excluding carboxylic acids is 1. The van der Waals surface area contributed by atoms with E-state index in [4.69, 9.17) is 14.2 Å². The summed E-state index contributed by atoms with van der Waals surface area (Å²) >= 11 is 3.31. The number of nitrogens with zero attached hydrogens (tertiary/aromatic N) is 1. The molecule has 0 spiro atoms. The Morgan fingerprint density at radius 2 is 1.74 bits per heavy atom. The molecule has 1 atom stereocenters. The van der Waals surface area contributed by atoms with Gasteiger partial charge in [-0.15, -0.1) is 0 Å². The van der Waals surface area contributed by atoms with Crippen LogP contribution in [0.2, 0.25) is 0 Å². The molecule has 0 fully saturated rings. The van der Waals surface area contributed by atoms with Gasteiger partial charge in [-0.05, 0) is 36.8 Å². The van der Waals surface area contributed by atoms with Gasteiger partial charge >= 0.3 is 5.97 Å². The number of hydrogen-bond acceptors (Lipinski definition) is 6. The van der Waals surface area contributed by atoms with Gasteiger partial charge in [0.25, 0.3) is 5.69 Å². The van der Waals surface area contributed by atoms with Crippen LogP contribution >= 0.6 is 15.9 Å². The van der Waals surface area contributed by atoms with E-state index in [0.29, 0.717) is 24.2 Å². The highest BCUT2D eigenvalue weighted by Gasteiger charge is 2.28. The van der Waals surface area contributed by atoms with Crippen LogP contribution in [0.3, 0.4) is 0 Å². The number of halogens is 1. The molecule has 1 unspecified atom stereocenters. The van der Waals surface area contributed by atoms with Crippen molar-refractivity contribution in [3.05, 3.63) is 62.1 Å². The molecule has 0 saturated heterocycles. The average Bonchev–Trinajstić information content (AvgIpc) is 2.66. The highest BCUT2D eigenvalue weighted by atomic mass is 79.9. The molecule has 0 aliphatic heterocycles. The van der Waals surface area contributed by atoms with Crippen molar-refractivity contribution in [1.82, 2.24) is 0 Å². The van der Waals surface area contributed by atoms with Crippen molar-refractivity contribution >= 4 is 27.6 Å². The highest BCUT2D eigenvalue weighted by Crippen LogP contribution is 2.40. The third kappa shape index (κ3) is 4.97. The fourth-order valence-electron chi connectivity index (χ4n) is 2.62. The van der Waals surface area contributed by atoms with E-state index >= 15 is 0 Å². The summed E-state index contributed by atoms with van der Waals surface area (Å²) in [5.74, 6) is 0.0198. The normalized spacial score (nSPS) is 11.6. The van der Waals surface area contributed by atoms with Gasteiger partial charge in [0.15, 0.2) is 11.5 Å². The largest absolute Gasteiger partial charge is 0.493 e. The average molecular weight is 438 g/mol. The summed E-state index contributed by atoms with van der Waals surface area (Å²) < 4.78 is 16.8. The molecule has 8 heteroatoms. The van der Waals surface area contributed by atoms with E-state index in [1.165, 1.54) is 26.4 Å². The second kappa shape index (κ2) is 9.36. The topological polar surface area (TPSA) is 87.9 Å². The molecule has 144 valence electrons. The number of nitro groups is 1. The van der Waals surface area contributed by atoms with Gasteiger partial charge in [-0.25, -0.2) is 4.79 Å².